The first kappa shape index (κ1) is 24.8. The highest BCUT2D eigenvalue weighted by molar-refractivity contribution is 5.80. The highest BCUT2D eigenvalue weighted by Crippen LogP contribution is 2.44. The number of hydrogen-bond donors (Lipinski definition) is 3. The van der Waals surface area contributed by atoms with E-state index in [4.69, 9.17) is 4.74 Å². The zero-order chi connectivity index (χ0) is 24.8. The first-order chi connectivity index (χ1) is 16.9. The van der Waals surface area contributed by atoms with Crippen LogP contribution in [0.5, 0.6) is 0 Å². The van der Waals surface area contributed by atoms with E-state index < -0.39 is 17.5 Å². The largest absolute Gasteiger partial charge is 0.481 e. The van der Waals surface area contributed by atoms with E-state index >= 15 is 0 Å². The van der Waals surface area contributed by atoms with Gasteiger partial charge < -0.3 is 20.5 Å². The van der Waals surface area contributed by atoms with E-state index in [0.29, 0.717) is 32.2 Å². The molecule has 0 heterocycles. The van der Waals surface area contributed by atoms with Crippen molar-refractivity contribution < 1.29 is 24.2 Å². The van der Waals surface area contributed by atoms with Crippen LogP contribution in [0.4, 0.5) is 4.79 Å². The molecule has 2 aliphatic rings. The molecule has 2 aromatic rings. The topological polar surface area (TPSA) is 105 Å². The minimum atomic E-state index is -0.872. The monoisotopic (exact) mass is 478 g/mol. The molecule has 2 aliphatic carbocycles. The van der Waals surface area contributed by atoms with Gasteiger partial charge in [0.1, 0.15) is 6.61 Å². The number of amides is 2. The second kappa shape index (κ2) is 10.9. The number of carboxylic acid groups (broad SMARTS) is 1. The zero-order valence-electron chi connectivity index (χ0n) is 20.2. The second-order valence-corrected chi connectivity index (χ2v) is 9.80. The maximum Gasteiger partial charge on any atom is 0.407 e. The number of fused-ring (bicyclic) bond motifs is 3. The summed E-state index contributed by atoms with van der Waals surface area (Å²) in [5.41, 5.74) is 3.88. The normalized spacial score (nSPS) is 20.7. The number of ether oxygens (including phenoxy) is 1. The summed E-state index contributed by atoms with van der Waals surface area (Å²) in [6.07, 6.45) is 4.26. The average Bonchev–Trinajstić information content (AvgIpc) is 3.38. The lowest BCUT2D eigenvalue weighted by Gasteiger charge is -2.27. The fraction of sp³-hybridized carbons (Fsp3) is 0.464. The number of unbranched alkanes of at least 4 members (excludes halogenated alkanes) is 2. The van der Waals surface area contributed by atoms with Gasteiger partial charge >= 0.3 is 12.1 Å². The molecular weight excluding hydrogens is 444 g/mol. The van der Waals surface area contributed by atoms with Crippen molar-refractivity contribution in [3.63, 3.8) is 0 Å². The third-order valence-corrected chi connectivity index (χ3v) is 7.48. The molecule has 2 aromatic carbocycles. The summed E-state index contributed by atoms with van der Waals surface area (Å²) >= 11 is 0. The van der Waals surface area contributed by atoms with Gasteiger partial charge in [-0.3, -0.25) is 9.59 Å². The van der Waals surface area contributed by atoms with Crippen LogP contribution in [0.1, 0.15) is 68.9 Å². The number of aliphatic carboxylic acids is 1. The van der Waals surface area contributed by atoms with Gasteiger partial charge in [0.25, 0.3) is 0 Å². The van der Waals surface area contributed by atoms with E-state index in [2.05, 4.69) is 34.9 Å². The molecule has 0 aromatic heterocycles. The van der Waals surface area contributed by atoms with Crippen molar-refractivity contribution in [2.75, 3.05) is 13.2 Å². The molecular formula is C28H34N2O5. The summed E-state index contributed by atoms with van der Waals surface area (Å²) in [5.74, 6) is -0.914. The molecule has 0 radical (unpaired) electrons. The van der Waals surface area contributed by atoms with Crippen molar-refractivity contribution >= 4 is 18.0 Å². The maximum atomic E-state index is 12.2. The van der Waals surface area contributed by atoms with E-state index in [1.165, 1.54) is 22.3 Å². The van der Waals surface area contributed by atoms with Crippen LogP contribution in [0.15, 0.2) is 48.5 Å². The number of carbonyl (C=O) groups excluding carboxylic acids is 2. The predicted octanol–water partition coefficient (Wildman–Crippen LogP) is 4.85. The number of carboxylic acids is 1. The Balaban J connectivity index is 1.13. The molecule has 0 saturated heterocycles. The van der Waals surface area contributed by atoms with Crippen LogP contribution < -0.4 is 10.6 Å². The lowest BCUT2D eigenvalue weighted by molar-refractivity contribution is -0.149. The Hall–Kier alpha value is -3.35. The van der Waals surface area contributed by atoms with Crippen molar-refractivity contribution in [2.24, 2.45) is 5.41 Å². The predicted molar refractivity (Wildman–Crippen MR) is 133 cm³/mol. The van der Waals surface area contributed by atoms with Gasteiger partial charge in [0.2, 0.25) is 5.91 Å². The van der Waals surface area contributed by atoms with E-state index in [0.717, 1.165) is 19.3 Å². The molecule has 0 aliphatic heterocycles. The number of alkyl carbamates (subject to hydrolysis) is 1. The van der Waals surface area contributed by atoms with E-state index in [1.807, 2.05) is 24.3 Å². The SMILES string of the molecule is CC1(C(=O)O)CCCC1NC(=O)CCCCCNC(=O)OCC1c2ccccc2-c2ccccc21. The quantitative estimate of drug-likeness (QED) is 0.424. The Morgan fingerprint density at radius 1 is 1.00 bits per heavy atom. The van der Waals surface area contributed by atoms with Crippen molar-refractivity contribution in [3.8, 4) is 11.1 Å². The highest BCUT2D eigenvalue weighted by Gasteiger charge is 2.45. The Bertz CT molecular complexity index is 1040. The summed E-state index contributed by atoms with van der Waals surface area (Å²) < 4.78 is 5.54. The first-order valence-corrected chi connectivity index (χ1v) is 12.5. The van der Waals surface area contributed by atoms with Gasteiger partial charge in [0.05, 0.1) is 5.41 Å². The molecule has 3 N–H and O–H groups in total. The summed E-state index contributed by atoms with van der Waals surface area (Å²) in [4.78, 5) is 36.0. The van der Waals surface area contributed by atoms with Gasteiger partial charge in [-0.15, -0.1) is 0 Å². The molecule has 35 heavy (non-hydrogen) atoms. The molecule has 2 unspecified atom stereocenters. The van der Waals surface area contributed by atoms with E-state index in [9.17, 15) is 19.5 Å². The molecule has 186 valence electrons. The van der Waals surface area contributed by atoms with Crippen LogP contribution in [0.25, 0.3) is 11.1 Å². The lowest BCUT2D eigenvalue weighted by Crippen LogP contribution is -2.47. The third-order valence-electron chi connectivity index (χ3n) is 7.48. The van der Waals surface area contributed by atoms with Crippen molar-refractivity contribution in [1.82, 2.24) is 10.6 Å². The Labute approximate surface area is 206 Å². The molecule has 0 bridgehead atoms. The summed E-state index contributed by atoms with van der Waals surface area (Å²) in [5, 5.41) is 15.2. The average molecular weight is 479 g/mol. The minimum Gasteiger partial charge on any atom is -0.481 e. The van der Waals surface area contributed by atoms with Crippen molar-refractivity contribution in [1.29, 1.82) is 0 Å². The van der Waals surface area contributed by atoms with Gasteiger partial charge in [-0.05, 0) is 54.9 Å². The van der Waals surface area contributed by atoms with E-state index in [-0.39, 0.29) is 24.5 Å². The molecule has 4 rings (SSSR count). The van der Waals surface area contributed by atoms with Crippen LogP contribution >= 0.6 is 0 Å². The first-order valence-electron chi connectivity index (χ1n) is 12.5. The van der Waals surface area contributed by atoms with Crippen LogP contribution in [0, 0.1) is 5.41 Å². The number of carbonyl (C=O) groups is 3. The second-order valence-electron chi connectivity index (χ2n) is 9.80. The summed E-state index contributed by atoms with van der Waals surface area (Å²) in [6.45, 7) is 2.48. The number of rotatable bonds is 10. The Morgan fingerprint density at radius 3 is 2.31 bits per heavy atom. The van der Waals surface area contributed by atoms with Crippen molar-refractivity contribution in [3.05, 3.63) is 59.7 Å². The van der Waals surface area contributed by atoms with Crippen LogP contribution in [0.3, 0.4) is 0 Å². The van der Waals surface area contributed by atoms with Crippen LogP contribution in [-0.2, 0) is 14.3 Å². The molecule has 2 atom stereocenters. The Kier molecular flexibility index (Phi) is 7.73. The van der Waals surface area contributed by atoms with Crippen molar-refractivity contribution in [2.45, 2.75) is 63.8 Å². The van der Waals surface area contributed by atoms with E-state index in [1.54, 1.807) is 6.92 Å². The fourth-order valence-electron chi connectivity index (χ4n) is 5.35. The summed E-state index contributed by atoms with van der Waals surface area (Å²) in [6, 6.07) is 16.2. The van der Waals surface area contributed by atoms with Gasteiger partial charge in [-0.2, -0.15) is 0 Å². The Morgan fingerprint density at radius 2 is 1.66 bits per heavy atom. The smallest absolute Gasteiger partial charge is 0.407 e. The number of hydrogen-bond acceptors (Lipinski definition) is 4. The molecule has 1 saturated carbocycles. The van der Waals surface area contributed by atoms with Gasteiger partial charge in [0, 0.05) is 24.9 Å². The standard InChI is InChI=1S/C28H34N2O5/c1-28(26(32)33)16-9-14-24(28)30-25(31)15-3-2-8-17-29-27(34)35-18-23-21-12-6-4-10-19(21)20-11-5-7-13-22(20)23/h4-7,10-13,23-24H,2-3,8-9,14-18H2,1H3,(H,29,34)(H,30,31)(H,32,33). The van der Waals surface area contributed by atoms with Gasteiger partial charge in [0.15, 0.2) is 0 Å². The molecule has 7 nitrogen and oxygen atoms in total. The van der Waals surface area contributed by atoms with Gasteiger partial charge in [-0.1, -0.05) is 61.4 Å². The van der Waals surface area contributed by atoms with Crippen LogP contribution in [-0.4, -0.2) is 42.3 Å². The fourth-order valence-corrected chi connectivity index (χ4v) is 5.35. The summed E-state index contributed by atoms with van der Waals surface area (Å²) in [7, 11) is 0. The molecule has 2 amide bonds. The van der Waals surface area contributed by atoms with Crippen LogP contribution in [0.2, 0.25) is 0 Å². The lowest BCUT2D eigenvalue weighted by atomic mass is 9.85. The molecule has 0 spiro atoms. The third kappa shape index (κ3) is 5.50. The van der Waals surface area contributed by atoms with Gasteiger partial charge in [-0.25, -0.2) is 4.79 Å². The minimum absolute atomic E-state index is 0.0366. The molecule has 7 heteroatoms. The number of benzene rings is 2. The molecule has 1 fully saturated rings. The highest BCUT2D eigenvalue weighted by atomic mass is 16.5. The zero-order valence-corrected chi connectivity index (χ0v) is 20.2. The number of nitrogens with one attached hydrogen (secondary N) is 2. The maximum absolute atomic E-state index is 12.2.